The van der Waals surface area contributed by atoms with E-state index in [-0.39, 0.29) is 11.5 Å². The van der Waals surface area contributed by atoms with E-state index in [1.165, 1.54) is 11.6 Å². The van der Waals surface area contributed by atoms with Crippen molar-refractivity contribution in [3.63, 3.8) is 0 Å². The van der Waals surface area contributed by atoms with E-state index >= 15 is 0 Å². The number of carbonyl (C=O) groups excluding carboxylic acids is 1. The Hall–Kier alpha value is -2.96. The first kappa shape index (κ1) is 12.1. The summed E-state index contributed by atoms with van der Waals surface area (Å²) in [6.07, 6.45) is 0. The number of nitrogen functional groups attached to an aromatic ring is 1. The van der Waals surface area contributed by atoms with Gasteiger partial charge in [0.2, 0.25) is 0 Å². The second kappa shape index (κ2) is 4.61. The highest BCUT2D eigenvalue weighted by Gasteiger charge is 2.16. The Morgan fingerprint density at radius 1 is 1.25 bits per heavy atom. The third-order valence-electron chi connectivity index (χ3n) is 2.93. The lowest BCUT2D eigenvalue weighted by atomic mass is 10.2. The quantitative estimate of drug-likeness (QED) is 0.714. The van der Waals surface area contributed by atoms with Crippen LogP contribution in [-0.4, -0.2) is 32.8 Å². The molecule has 0 unspecified atom stereocenters. The molecule has 0 saturated carbocycles. The predicted octanol–water partition coefficient (Wildman–Crippen LogP) is 0.733. The molecule has 0 aliphatic carbocycles. The number of rotatable bonds is 2. The minimum absolute atomic E-state index is 0.0581. The van der Waals surface area contributed by atoms with Crippen LogP contribution in [0.4, 0.5) is 5.82 Å². The van der Waals surface area contributed by atoms with Crippen molar-refractivity contribution in [1.82, 2.24) is 25.1 Å². The summed E-state index contributed by atoms with van der Waals surface area (Å²) in [5.74, 6) is -0.231. The topological polar surface area (TPSA) is 98.2 Å². The lowest BCUT2D eigenvalue weighted by molar-refractivity contribution is 0.0957. The minimum Gasteiger partial charge on any atom is -0.382 e. The molecule has 0 aliphatic heterocycles. The van der Waals surface area contributed by atoms with E-state index in [9.17, 15) is 4.79 Å². The van der Waals surface area contributed by atoms with Crippen LogP contribution < -0.4 is 11.1 Å². The van der Waals surface area contributed by atoms with Gasteiger partial charge in [0.15, 0.2) is 17.2 Å². The molecule has 0 spiro atoms. The summed E-state index contributed by atoms with van der Waals surface area (Å²) in [6, 6.07) is 11.4. The fraction of sp³-hybridized carbons (Fsp3) is 0.0769. The van der Waals surface area contributed by atoms with Crippen molar-refractivity contribution in [2.24, 2.45) is 0 Å². The van der Waals surface area contributed by atoms with Crippen LogP contribution in [0.5, 0.6) is 0 Å². The van der Waals surface area contributed by atoms with Gasteiger partial charge in [-0.1, -0.05) is 30.3 Å². The summed E-state index contributed by atoms with van der Waals surface area (Å²) >= 11 is 0. The number of hydrogen-bond acceptors (Lipinski definition) is 5. The number of nitrogens with zero attached hydrogens (tertiary/aromatic N) is 4. The average Bonchev–Trinajstić information content (AvgIpc) is 2.93. The molecule has 0 bridgehead atoms. The number of carbonyl (C=O) groups is 1. The van der Waals surface area contributed by atoms with Gasteiger partial charge in [-0.3, -0.25) is 4.79 Å². The second-order valence-electron chi connectivity index (χ2n) is 4.18. The van der Waals surface area contributed by atoms with Crippen LogP contribution in [0.25, 0.3) is 16.9 Å². The first-order chi connectivity index (χ1) is 9.70. The van der Waals surface area contributed by atoms with Crippen molar-refractivity contribution >= 4 is 17.4 Å². The van der Waals surface area contributed by atoms with Crippen LogP contribution in [-0.2, 0) is 0 Å². The molecule has 100 valence electrons. The molecule has 0 radical (unpaired) electrons. The van der Waals surface area contributed by atoms with Gasteiger partial charge in [-0.2, -0.15) is 9.61 Å². The summed E-state index contributed by atoms with van der Waals surface area (Å²) in [5.41, 5.74) is 8.14. The van der Waals surface area contributed by atoms with Crippen molar-refractivity contribution < 1.29 is 4.79 Å². The average molecular weight is 268 g/mol. The Morgan fingerprint density at radius 3 is 2.70 bits per heavy atom. The van der Waals surface area contributed by atoms with Crippen LogP contribution in [0.3, 0.4) is 0 Å². The summed E-state index contributed by atoms with van der Waals surface area (Å²) in [5, 5.41) is 14.6. The third-order valence-corrected chi connectivity index (χ3v) is 2.93. The fourth-order valence-electron chi connectivity index (χ4n) is 1.90. The number of nitrogens with one attached hydrogen (secondary N) is 1. The zero-order valence-corrected chi connectivity index (χ0v) is 10.7. The Labute approximate surface area is 114 Å². The van der Waals surface area contributed by atoms with Crippen molar-refractivity contribution in [1.29, 1.82) is 0 Å². The highest BCUT2D eigenvalue weighted by molar-refractivity contribution is 5.96. The smallest absolute Gasteiger partial charge is 0.275 e. The molecule has 0 atom stereocenters. The maximum absolute atomic E-state index is 11.6. The van der Waals surface area contributed by atoms with Gasteiger partial charge in [-0.15, -0.1) is 10.2 Å². The number of aromatic nitrogens is 4. The number of anilines is 1. The predicted molar refractivity (Wildman–Crippen MR) is 74.0 cm³/mol. The number of hydrogen-bond donors (Lipinski definition) is 2. The normalized spacial score (nSPS) is 10.7. The number of nitrogens with two attached hydrogens (primary N) is 1. The van der Waals surface area contributed by atoms with Gasteiger partial charge in [0.1, 0.15) is 0 Å². The van der Waals surface area contributed by atoms with E-state index in [0.29, 0.717) is 5.65 Å². The second-order valence-corrected chi connectivity index (χ2v) is 4.18. The minimum atomic E-state index is -0.395. The van der Waals surface area contributed by atoms with E-state index in [4.69, 9.17) is 5.73 Å². The van der Waals surface area contributed by atoms with Gasteiger partial charge in [0.05, 0.1) is 5.69 Å². The summed E-state index contributed by atoms with van der Waals surface area (Å²) in [6.45, 7) is 0. The molecule has 2 aromatic heterocycles. The van der Waals surface area contributed by atoms with Crippen LogP contribution in [0.15, 0.2) is 36.4 Å². The molecular weight excluding hydrogens is 256 g/mol. The summed E-state index contributed by atoms with van der Waals surface area (Å²) in [4.78, 5) is 11.6. The molecule has 3 rings (SSSR count). The highest BCUT2D eigenvalue weighted by atomic mass is 16.1. The molecule has 1 aromatic carbocycles. The molecular formula is C13H12N6O. The first-order valence-corrected chi connectivity index (χ1v) is 6.00. The van der Waals surface area contributed by atoms with Crippen LogP contribution in [0.2, 0.25) is 0 Å². The molecule has 7 heteroatoms. The maximum Gasteiger partial charge on any atom is 0.275 e. The zero-order chi connectivity index (χ0) is 14.1. The molecule has 1 amide bonds. The molecule has 7 nitrogen and oxygen atoms in total. The Bertz CT molecular complexity index is 780. The van der Waals surface area contributed by atoms with E-state index < -0.39 is 5.91 Å². The lowest BCUT2D eigenvalue weighted by Crippen LogP contribution is -2.23. The van der Waals surface area contributed by atoms with Gasteiger partial charge >= 0.3 is 0 Å². The first-order valence-electron chi connectivity index (χ1n) is 6.00. The third kappa shape index (κ3) is 1.85. The molecule has 0 saturated heterocycles. The number of amides is 1. The summed E-state index contributed by atoms with van der Waals surface area (Å²) in [7, 11) is 1.51. The molecule has 0 fully saturated rings. The van der Waals surface area contributed by atoms with Gasteiger partial charge in [-0.05, 0) is 0 Å². The van der Waals surface area contributed by atoms with E-state index in [1.807, 2.05) is 30.3 Å². The molecule has 3 N–H and O–H groups in total. The van der Waals surface area contributed by atoms with Crippen molar-refractivity contribution in [2.75, 3.05) is 12.8 Å². The molecule has 20 heavy (non-hydrogen) atoms. The van der Waals surface area contributed by atoms with Gasteiger partial charge in [0, 0.05) is 18.7 Å². The van der Waals surface area contributed by atoms with E-state index in [1.54, 1.807) is 6.07 Å². The lowest BCUT2D eigenvalue weighted by Gasteiger charge is -2.03. The van der Waals surface area contributed by atoms with Gasteiger partial charge in [0.25, 0.3) is 5.91 Å². The highest BCUT2D eigenvalue weighted by Crippen LogP contribution is 2.20. The van der Waals surface area contributed by atoms with Crippen LogP contribution in [0.1, 0.15) is 10.5 Å². The Kier molecular flexibility index (Phi) is 2.79. The SMILES string of the molecule is CNC(=O)c1nnc2cc(-c3ccccc3)nn2c1N. The van der Waals surface area contributed by atoms with Crippen LogP contribution >= 0.6 is 0 Å². The number of fused-ring (bicyclic) bond motifs is 1. The van der Waals surface area contributed by atoms with Crippen molar-refractivity contribution in [3.05, 3.63) is 42.1 Å². The van der Waals surface area contributed by atoms with E-state index in [2.05, 4.69) is 20.6 Å². The zero-order valence-electron chi connectivity index (χ0n) is 10.7. The number of benzene rings is 1. The van der Waals surface area contributed by atoms with Crippen molar-refractivity contribution in [3.8, 4) is 11.3 Å². The molecule has 2 heterocycles. The van der Waals surface area contributed by atoms with Crippen molar-refractivity contribution in [2.45, 2.75) is 0 Å². The standard InChI is InChI=1S/C13H12N6O/c1-15-13(20)11-12(14)19-10(16-17-11)7-9(18-19)8-5-3-2-4-6-8/h2-7H,14H2,1H3,(H,15,20). The maximum atomic E-state index is 11.6. The fourth-order valence-corrected chi connectivity index (χ4v) is 1.90. The molecule has 3 aromatic rings. The van der Waals surface area contributed by atoms with Crippen LogP contribution in [0, 0.1) is 0 Å². The summed E-state index contributed by atoms with van der Waals surface area (Å²) < 4.78 is 1.42. The monoisotopic (exact) mass is 268 g/mol. The van der Waals surface area contributed by atoms with E-state index in [0.717, 1.165) is 11.3 Å². The Morgan fingerprint density at radius 2 is 2.00 bits per heavy atom. The molecule has 0 aliphatic rings. The Balaban J connectivity index is 2.17. The van der Waals surface area contributed by atoms with Gasteiger partial charge < -0.3 is 11.1 Å². The largest absolute Gasteiger partial charge is 0.382 e. The van der Waals surface area contributed by atoms with Gasteiger partial charge in [-0.25, -0.2) is 0 Å².